The standard InChI is InChI=1S/C51H54N4OSi.Pt/c1-49(2,3)34-25-26-52-47(30-34)55-43-20-14-13-19-41(43)42-24-23-40(32-45(42)55)56-39-18-15-17-37(31-39)53-33-54(48-44(53)21-16-22-46(48)57(10,11)12)38-28-35(50(4,5)6)27-36(29-38)51(7,8)9;/h13-30H,1-12H3;/q;+2. The van der Waals surface area contributed by atoms with Crippen molar-refractivity contribution in [1.29, 1.82) is 0 Å². The molecule has 0 amide bonds. The van der Waals surface area contributed by atoms with Gasteiger partial charge in [-0.3, -0.25) is 0 Å². The van der Waals surface area contributed by atoms with Crippen molar-refractivity contribution >= 4 is 63.8 Å². The van der Waals surface area contributed by atoms with Crippen LogP contribution < -0.4 is 19.1 Å². The summed E-state index contributed by atoms with van der Waals surface area (Å²) in [5.41, 5.74) is 10.0. The van der Waals surface area contributed by atoms with Crippen molar-refractivity contribution < 1.29 is 25.8 Å². The summed E-state index contributed by atoms with van der Waals surface area (Å²) in [6.45, 7) is 27.7. The third kappa shape index (κ3) is 7.71. The van der Waals surface area contributed by atoms with E-state index < -0.39 is 8.07 Å². The van der Waals surface area contributed by atoms with Crippen LogP contribution in [0, 0.1) is 12.1 Å². The van der Waals surface area contributed by atoms with Crippen molar-refractivity contribution in [2.45, 2.75) is 98.2 Å². The third-order valence-corrected chi connectivity index (χ3v) is 13.0. The number of pyridine rings is 1. The number of benzene rings is 5. The first kappa shape index (κ1) is 41.3. The Labute approximate surface area is 360 Å². The topological polar surface area (TPSA) is 33.1 Å². The normalized spacial score (nSPS) is 13.3. The molecule has 0 atom stereocenters. The summed E-state index contributed by atoms with van der Waals surface area (Å²) in [6.07, 6.45) is 1.90. The molecule has 2 aromatic heterocycles. The molecule has 1 aliphatic heterocycles. The van der Waals surface area contributed by atoms with E-state index in [0.717, 1.165) is 44.7 Å². The zero-order valence-electron chi connectivity index (χ0n) is 35.9. The summed E-state index contributed by atoms with van der Waals surface area (Å²) >= 11 is 0. The van der Waals surface area contributed by atoms with Crippen molar-refractivity contribution in [3.63, 3.8) is 0 Å². The van der Waals surface area contributed by atoms with Crippen LogP contribution in [0.15, 0.2) is 109 Å². The number of rotatable bonds is 6. The summed E-state index contributed by atoms with van der Waals surface area (Å²) < 4.78 is 13.3. The maximum absolute atomic E-state index is 6.63. The summed E-state index contributed by atoms with van der Waals surface area (Å²) in [5.74, 6) is 2.07. The molecule has 0 saturated carbocycles. The summed E-state index contributed by atoms with van der Waals surface area (Å²) in [7, 11) is -1.79. The number of aromatic nitrogens is 2. The Balaban J connectivity index is 0.00000512. The zero-order valence-corrected chi connectivity index (χ0v) is 39.2. The molecule has 58 heavy (non-hydrogen) atoms. The van der Waals surface area contributed by atoms with Gasteiger partial charge in [0, 0.05) is 46.6 Å². The van der Waals surface area contributed by atoms with Gasteiger partial charge in [-0.05, 0) is 61.1 Å². The molecule has 0 unspecified atom stereocenters. The number of hydrogen-bond acceptors (Lipinski definition) is 2. The summed E-state index contributed by atoms with van der Waals surface area (Å²) in [4.78, 5) is 4.85. The predicted octanol–water partition coefficient (Wildman–Crippen LogP) is 12.9. The van der Waals surface area contributed by atoms with E-state index in [9.17, 15) is 0 Å². The van der Waals surface area contributed by atoms with Gasteiger partial charge >= 0.3 is 27.1 Å². The Morgan fingerprint density at radius 3 is 1.97 bits per heavy atom. The van der Waals surface area contributed by atoms with Crippen LogP contribution in [0.4, 0.5) is 22.7 Å². The van der Waals surface area contributed by atoms with Gasteiger partial charge in [0.1, 0.15) is 11.5 Å². The van der Waals surface area contributed by atoms with E-state index in [1.54, 1.807) is 0 Å². The van der Waals surface area contributed by atoms with Crippen LogP contribution >= 0.6 is 0 Å². The average Bonchev–Trinajstić information content (AvgIpc) is 3.70. The van der Waals surface area contributed by atoms with Crippen molar-refractivity contribution in [2.75, 3.05) is 0 Å². The summed E-state index contributed by atoms with van der Waals surface area (Å²) in [6, 6.07) is 47.8. The van der Waals surface area contributed by atoms with Crippen molar-refractivity contribution in [3.05, 3.63) is 138 Å². The molecule has 0 aliphatic carbocycles. The Kier molecular flexibility index (Phi) is 10.5. The molecular weight excluding hydrogens is 908 g/mol. The summed E-state index contributed by atoms with van der Waals surface area (Å²) in [5, 5.41) is 3.64. The Hall–Kier alpha value is -4.86. The van der Waals surface area contributed by atoms with Crippen LogP contribution in [0.1, 0.15) is 79.0 Å². The first-order chi connectivity index (χ1) is 26.8. The van der Waals surface area contributed by atoms with E-state index in [0.29, 0.717) is 11.5 Å². The van der Waals surface area contributed by atoms with Gasteiger partial charge in [0.15, 0.2) is 0 Å². The van der Waals surface area contributed by atoms with Gasteiger partial charge in [-0.15, -0.1) is 23.6 Å². The predicted molar refractivity (Wildman–Crippen MR) is 243 cm³/mol. The van der Waals surface area contributed by atoms with E-state index in [4.69, 9.17) is 9.72 Å². The minimum absolute atomic E-state index is 0. The molecule has 0 spiro atoms. The van der Waals surface area contributed by atoms with Crippen molar-refractivity contribution in [1.82, 2.24) is 18.7 Å². The fourth-order valence-electron chi connectivity index (χ4n) is 7.66. The van der Waals surface area contributed by atoms with Gasteiger partial charge in [0.05, 0.1) is 8.07 Å². The quantitative estimate of drug-likeness (QED) is 0.0945. The molecule has 0 radical (unpaired) electrons. The van der Waals surface area contributed by atoms with Gasteiger partial charge in [0.25, 0.3) is 11.4 Å². The van der Waals surface area contributed by atoms with Crippen LogP contribution in [0.3, 0.4) is 0 Å². The maximum atomic E-state index is 6.63. The number of para-hydroxylation sites is 2. The molecule has 7 aromatic rings. The Bertz CT molecular complexity index is 2770. The molecule has 1 aliphatic rings. The molecule has 0 saturated heterocycles. The average molecular weight is 962 g/mol. The molecule has 5 nitrogen and oxygen atoms in total. The van der Waals surface area contributed by atoms with Crippen LogP contribution in [-0.2, 0) is 37.3 Å². The van der Waals surface area contributed by atoms with Crippen molar-refractivity contribution in [2.24, 2.45) is 0 Å². The van der Waals surface area contributed by atoms with Gasteiger partial charge in [0.2, 0.25) is 5.69 Å². The van der Waals surface area contributed by atoms with Crippen LogP contribution in [0.5, 0.6) is 11.5 Å². The fourth-order valence-corrected chi connectivity index (χ4v) is 9.20. The number of fused-ring (bicyclic) bond motifs is 4. The van der Waals surface area contributed by atoms with Crippen LogP contribution in [0.2, 0.25) is 19.6 Å². The molecule has 0 N–H and O–H groups in total. The number of hydrogen-bond donors (Lipinski definition) is 0. The Morgan fingerprint density at radius 1 is 0.638 bits per heavy atom. The molecule has 3 heterocycles. The molecular formula is C51H54N4OPtSi+2. The molecule has 296 valence electrons. The van der Waals surface area contributed by atoms with Gasteiger partial charge in [-0.1, -0.05) is 141 Å². The monoisotopic (exact) mass is 961 g/mol. The Morgan fingerprint density at radius 2 is 1.29 bits per heavy atom. The largest absolute Gasteiger partial charge is 2.00 e. The molecule has 7 heteroatoms. The van der Waals surface area contributed by atoms with E-state index in [-0.39, 0.29) is 37.3 Å². The minimum Gasteiger partial charge on any atom is -0.509 e. The van der Waals surface area contributed by atoms with Crippen molar-refractivity contribution in [3.8, 4) is 17.3 Å². The van der Waals surface area contributed by atoms with Gasteiger partial charge in [-0.25, -0.2) is 4.98 Å². The zero-order chi connectivity index (χ0) is 40.7. The van der Waals surface area contributed by atoms with Gasteiger partial charge < -0.3 is 9.30 Å². The SMILES string of the molecule is CC(C)(C)c1cc([N+]2=C=[N+](c3[c-]c(Oc4[c-]c5c(cc4)c4ccccc4n5-c4cc(C(C)(C)C)ccn4)ccc3)c3cccc([Si](C)(C)C)c32)cc(C(C)(C)C)c1.[Pt+2]. The van der Waals surface area contributed by atoms with E-state index in [1.165, 1.54) is 27.6 Å². The first-order valence-corrected chi connectivity index (χ1v) is 23.6. The van der Waals surface area contributed by atoms with E-state index in [1.807, 2.05) is 24.4 Å². The molecule has 0 bridgehead atoms. The smallest absolute Gasteiger partial charge is 0.509 e. The van der Waals surface area contributed by atoms with E-state index in [2.05, 4.69) is 199 Å². The minimum atomic E-state index is -1.79. The number of ether oxygens (including phenoxy) is 1. The molecule has 0 fully saturated rings. The van der Waals surface area contributed by atoms with Crippen LogP contribution in [0.25, 0.3) is 27.6 Å². The third-order valence-electron chi connectivity index (χ3n) is 11.0. The second-order valence-electron chi connectivity index (χ2n) is 19.6. The fraction of sp³-hybridized carbons (Fsp3) is 0.294. The second kappa shape index (κ2) is 14.8. The van der Waals surface area contributed by atoms with E-state index >= 15 is 0 Å². The van der Waals surface area contributed by atoms with Crippen LogP contribution in [-0.4, -0.2) is 23.6 Å². The maximum Gasteiger partial charge on any atom is 2.00 e. The molecule has 8 rings (SSSR count). The number of nitrogens with zero attached hydrogens (tertiary/aromatic N) is 4. The second-order valence-corrected chi connectivity index (χ2v) is 24.6. The molecule has 5 aromatic carbocycles. The van der Waals surface area contributed by atoms with Gasteiger partial charge in [-0.2, -0.15) is 12.1 Å². The first-order valence-electron chi connectivity index (χ1n) is 20.1.